The smallest absolute Gasteiger partial charge is 0.459 e. The van der Waals surface area contributed by atoms with Crippen LogP contribution in [0, 0.1) is 5.41 Å². The Kier molecular flexibility index (Phi) is 8.79. The third-order valence-corrected chi connectivity index (χ3v) is 8.82. The van der Waals surface area contributed by atoms with Crippen molar-refractivity contribution in [2.45, 2.75) is 64.7 Å². The Labute approximate surface area is 258 Å². The second-order valence-corrected chi connectivity index (χ2v) is 14.0. The standard InChI is InChI=1S/C29H37N6O9P/c1-16(25(38)41-14-28(2,3)4)34-45(40,44-19-12-8-10-17-9-6-7-11-18(17)19)42-13-20-22(36)29(5,39)26(43-20)35-15-31-21-23(35)32-27(30)33-24(21)37/h6-12,15-16,20,22,26,36,39H,13-14H2,1-5H3,(H,34,40)(H3,30,32,33,37). The Morgan fingerprint density at radius 2 is 1.98 bits per heavy atom. The Bertz CT molecular complexity index is 1810. The number of nitrogens with zero attached hydrogens (tertiary/aromatic N) is 3. The maximum Gasteiger partial charge on any atom is 0.459 e. The van der Waals surface area contributed by atoms with E-state index in [4.69, 9.17) is 24.3 Å². The number of hydrogen-bond acceptors (Lipinski definition) is 12. The number of anilines is 1. The van der Waals surface area contributed by atoms with E-state index in [1.807, 2.05) is 39.0 Å². The molecule has 15 nitrogen and oxygen atoms in total. The van der Waals surface area contributed by atoms with E-state index in [9.17, 15) is 24.4 Å². The van der Waals surface area contributed by atoms with Gasteiger partial charge in [-0.3, -0.25) is 23.7 Å². The van der Waals surface area contributed by atoms with Gasteiger partial charge in [-0.1, -0.05) is 57.2 Å². The number of fused-ring (bicyclic) bond motifs is 2. The molecular weight excluding hydrogens is 607 g/mol. The van der Waals surface area contributed by atoms with Gasteiger partial charge in [0.15, 0.2) is 17.4 Å². The molecule has 0 saturated carbocycles. The summed E-state index contributed by atoms with van der Waals surface area (Å²) in [6, 6.07) is 11.3. The van der Waals surface area contributed by atoms with Crippen LogP contribution >= 0.6 is 7.75 Å². The minimum absolute atomic E-state index is 0.0181. The van der Waals surface area contributed by atoms with Crippen molar-refractivity contribution in [2.24, 2.45) is 5.41 Å². The van der Waals surface area contributed by atoms with E-state index < -0.39 is 56.0 Å². The average molecular weight is 645 g/mol. The number of ether oxygens (including phenoxy) is 2. The summed E-state index contributed by atoms with van der Waals surface area (Å²) in [6.07, 6.45) is -2.89. The van der Waals surface area contributed by atoms with E-state index in [0.717, 1.165) is 5.39 Å². The van der Waals surface area contributed by atoms with Crippen molar-refractivity contribution in [3.63, 3.8) is 0 Å². The van der Waals surface area contributed by atoms with Gasteiger partial charge in [0.25, 0.3) is 5.56 Å². The molecule has 0 bridgehead atoms. The molecule has 3 heterocycles. The van der Waals surface area contributed by atoms with Crippen molar-refractivity contribution in [2.75, 3.05) is 18.9 Å². The van der Waals surface area contributed by atoms with E-state index in [1.54, 1.807) is 24.3 Å². The lowest BCUT2D eigenvalue weighted by Crippen LogP contribution is -2.44. The van der Waals surface area contributed by atoms with Crippen LogP contribution in [0.5, 0.6) is 5.75 Å². The van der Waals surface area contributed by atoms with E-state index in [-0.39, 0.29) is 34.9 Å². The zero-order valence-corrected chi connectivity index (χ0v) is 26.4. The van der Waals surface area contributed by atoms with Crippen LogP contribution in [0.3, 0.4) is 0 Å². The maximum absolute atomic E-state index is 14.3. The minimum Gasteiger partial charge on any atom is -0.464 e. The molecule has 0 radical (unpaired) electrons. The number of nitrogens with one attached hydrogen (secondary N) is 2. The van der Waals surface area contributed by atoms with Crippen molar-refractivity contribution >= 4 is 41.6 Å². The molecule has 16 heteroatoms. The van der Waals surface area contributed by atoms with Gasteiger partial charge in [-0.15, -0.1) is 0 Å². The number of aromatic nitrogens is 4. The second kappa shape index (κ2) is 12.2. The summed E-state index contributed by atoms with van der Waals surface area (Å²) >= 11 is 0. The highest BCUT2D eigenvalue weighted by Gasteiger charge is 2.54. The van der Waals surface area contributed by atoms with Crippen LogP contribution in [0.2, 0.25) is 0 Å². The second-order valence-electron chi connectivity index (χ2n) is 12.4. The predicted octanol–water partition coefficient (Wildman–Crippen LogP) is 2.64. The predicted molar refractivity (Wildman–Crippen MR) is 164 cm³/mol. The van der Waals surface area contributed by atoms with Crippen LogP contribution in [0.25, 0.3) is 21.9 Å². The molecule has 242 valence electrons. The highest BCUT2D eigenvalue weighted by molar-refractivity contribution is 7.52. The zero-order valence-electron chi connectivity index (χ0n) is 25.5. The van der Waals surface area contributed by atoms with Crippen molar-refractivity contribution in [3.8, 4) is 5.75 Å². The van der Waals surface area contributed by atoms with Crippen LogP contribution in [-0.2, 0) is 23.4 Å². The summed E-state index contributed by atoms with van der Waals surface area (Å²) in [7, 11) is -4.39. The fourth-order valence-corrected chi connectivity index (χ4v) is 6.38. The van der Waals surface area contributed by atoms with E-state index in [1.165, 1.54) is 24.7 Å². The normalized spacial score (nSPS) is 24.0. The summed E-state index contributed by atoms with van der Waals surface area (Å²) in [5.74, 6) is -0.639. The van der Waals surface area contributed by atoms with Crippen molar-refractivity contribution in [3.05, 3.63) is 59.1 Å². The average Bonchev–Trinajstić information content (AvgIpc) is 3.48. The van der Waals surface area contributed by atoms with Crippen LogP contribution in [0.15, 0.2) is 53.6 Å². The fourth-order valence-electron chi connectivity index (χ4n) is 4.86. The lowest BCUT2D eigenvalue weighted by molar-refractivity contribution is -0.148. The first-order chi connectivity index (χ1) is 21.1. The quantitative estimate of drug-likeness (QED) is 0.124. The number of nitrogens with two attached hydrogens (primary N) is 1. The van der Waals surface area contributed by atoms with Crippen molar-refractivity contribution in [1.82, 2.24) is 24.6 Å². The number of carbonyl (C=O) groups excluding carboxylic acids is 1. The molecule has 2 aromatic heterocycles. The highest BCUT2D eigenvalue weighted by atomic mass is 31.2. The van der Waals surface area contributed by atoms with Gasteiger partial charge in [-0.25, -0.2) is 9.55 Å². The Morgan fingerprint density at radius 1 is 1.27 bits per heavy atom. The molecule has 2 aromatic carbocycles. The molecule has 0 spiro atoms. The van der Waals surface area contributed by atoms with Gasteiger partial charge in [-0.05, 0) is 30.7 Å². The number of esters is 1. The highest BCUT2D eigenvalue weighted by Crippen LogP contribution is 2.48. The number of benzene rings is 2. The fraction of sp³-hybridized carbons (Fsp3) is 0.448. The summed E-state index contributed by atoms with van der Waals surface area (Å²) in [5.41, 5.74) is 2.83. The molecule has 1 aliphatic rings. The van der Waals surface area contributed by atoms with Gasteiger partial charge >= 0.3 is 13.7 Å². The molecule has 1 aliphatic heterocycles. The minimum atomic E-state index is -4.39. The molecule has 4 aromatic rings. The van der Waals surface area contributed by atoms with Crippen LogP contribution in [0.4, 0.5) is 5.95 Å². The summed E-state index contributed by atoms with van der Waals surface area (Å²) in [5, 5.41) is 26.5. The first-order valence-electron chi connectivity index (χ1n) is 14.2. The molecule has 5 rings (SSSR count). The van der Waals surface area contributed by atoms with Crippen LogP contribution in [-0.4, -0.2) is 72.8 Å². The molecule has 45 heavy (non-hydrogen) atoms. The number of nitrogen functional groups attached to an aromatic ring is 1. The van der Waals surface area contributed by atoms with Gasteiger partial charge in [0.05, 0.1) is 19.5 Å². The van der Waals surface area contributed by atoms with Gasteiger partial charge in [0.2, 0.25) is 5.95 Å². The SMILES string of the molecule is CC(NP(=O)(OCC1OC(n2cnc3c(=O)[nH]c(N)nc32)C(C)(O)C1O)Oc1cccc2ccccc12)C(=O)OCC(C)(C)C. The van der Waals surface area contributed by atoms with Gasteiger partial charge in [-0.2, -0.15) is 10.1 Å². The molecule has 1 fully saturated rings. The Morgan fingerprint density at radius 3 is 2.71 bits per heavy atom. The van der Waals surface area contributed by atoms with Gasteiger partial charge < -0.3 is 29.9 Å². The van der Waals surface area contributed by atoms with Gasteiger partial charge in [0, 0.05) is 5.39 Å². The number of hydrogen-bond donors (Lipinski definition) is 5. The molecular formula is C29H37N6O9P. The first-order valence-corrected chi connectivity index (χ1v) is 15.8. The van der Waals surface area contributed by atoms with Crippen molar-refractivity contribution in [1.29, 1.82) is 0 Å². The molecule has 1 saturated heterocycles. The van der Waals surface area contributed by atoms with Gasteiger partial charge in [0.1, 0.15) is 29.6 Å². The third kappa shape index (κ3) is 6.88. The molecule has 6 N–H and O–H groups in total. The van der Waals surface area contributed by atoms with Crippen LogP contribution < -0.4 is 20.9 Å². The van der Waals surface area contributed by atoms with E-state index in [0.29, 0.717) is 5.39 Å². The van der Waals surface area contributed by atoms with Crippen molar-refractivity contribution < 1.29 is 38.1 Å². The lowest BCUT2D eigenvalue weighted by atomic mass is 9.96. The monoisotopic (exact) mass is 644 g/mol. The van der Waals surface area contributed by atoms with Crippen LogP contribution in [0.1, 0.15) is 40.8 Å². The number of rotatable bonds is 10. The molecule has 6 atom stereocenters. The summed E-state index contributed by atoms with van der Waals surface area (Å²) < 4.78 is 38.7. The summed E-state index contributed by atoms with van der Waals surface area (Å²) in [4.78, 5) is 35.5. The Balaban J connectivity index is 1.40. The number of H-pyrrole nitrogens is 1. The van der Waals surface area contributed by atoms with E-state index >= 15 is 0 Å². The largest absolute Gasteiger partial charge is 0.464 e. The maximum atomic E-state index is 14.3. The zero-order chi connectivity index (χ0) is 32.7. The Hall–Kier alpha value is -3.85. The third-order valence-electron chi connectivity index (χ3n) is 7.19. The lowest BCUT2D eigenvalue weighted by Gasteiger charge is -2.27. The molecule has 6 unspecified atom stereocenters. The molecule has 0 aliphatic carbocycles. The number of aromatic amines is 1. The summed E-state index contributed by atoms with van der Waals surface area (Å²) in [6.45, 7) is 8.07. The molecule has 0 amide bonds. The number of imidazole rings is 1. The number of aliphatic hydroxyl groups is 2. The van der Waals surface area contributed by atoms with E-state index in [2.05, 4.69) is 20.0 Å². The first kappa shape index (κ1) is 32.5. The topological polar surface area (TPSA) is 213 Å². The number of carbonyl (C=O) groups is 1. The number of aliphatic hydroxyl groups excluding tert-OH is 1.